The molecule has 1 unspecified atom stereocenters. The summed E-state index contributed by atoms with van der Waals surface area (Å²) in [5.74, 6) is 0. The van der Waals surface area contributed by atoms with Gasteiger partial charge in [0.25, 0.3) is 0 Å². The molecule has 0 radical (unpaired) electrons. The average molecular weight is 286 g/mol. The number of alkyl carbamates (subject to hydrolysis) is 1. The SMILES string of the molecule is CC(C)(C)OC(=O)NC1CCN(C(=O)OC(C)(C)C)C1. The van der Waals surface area contributed by atoms with E-state index in [0.29, 0.717) is 19.5 Å². The first-order chi connectivity index (χ1) is 8.96. The van der Waals surface area contributed by atoms with Crippen LogP contribution >= 0.6 is 0 Å². The topological polar surface area (TPSA) is 67.9 Å². The smallest absolute Gasteiger partial charge is 0.410 e. The summed E-state index contributed by atoms with van der Waals surface area (Å²) >= 11 is 0. The zero-order valence-electron chi connectivity index (χ0n) is 13.3. The van der Waals surface area contributed by atoms with Crippen LogP contribution in [0, 0.1) is 0 Å². The third-order valence-electron chi connectivity index (χ3n) is 2.56. The van der Waals surface area contributed by atoms with E-state index in [1.165, 1.54) is 0 Å². The van der Waals surface area contributed by atoms with Crippen molar-refractivity contribution in [1.29, 1.82) is 0 Å². The van der Waals surface area contributed by atoms with E-state index in [4.69, 9.17) is 9.47 Å². The van der Waals surface area contributed by atoms with E-state index in [0.717, 1.165) is 0 Å². The van der Waals surface area contributed by atoms with Gasteiger partial charge in [0.1, 0.15) is 11.2 Å². The van der Waals surface area contributed by atoms with Gasteiger partial charge in [-0.25, -0.2) is 9.59 Å². The Kier molecular flexibility index (Phi) is 4.89. The van der Waals surface area contributed by atoms with Gasteiger partial charge < -0.3 is 19.7 Å². The number of likely N-dealkylation sites (tertiary alicyclic amines) is 1. The highest BCUT2D eigenvalue weighted by Crippen LogP contribution is 2.16. The second-order valence-corrected chi connectivity index (χ2v) is 7.06. The van der Waals surface area contributed by atoms with Crippen LogP contribution in [-0.4, -0.2) is 47.4 Å². The van der Waals surface area contributed by atoms with Gasteiger partial charge in [-0.15, -0.1) is 0 Å². The molecule has 1 N–H and O–H groups in total. The lowest BCUT2D eigenvalue weighted by Crippen LogP contribution is -2.42. The average Bonchev–Trinajstić information content (AvgIpc) is 2.59. The maximum absolute atomic E-state index is 11.9. The van der Waals surface area contributed by atoms with Gasteiger partial charge in [-0.05, 0) is 48.0 Å². The molecule has 0 saturated carbocycles. The number of nitrogens with one attached hydrogen (secondary N) is 1. The number of hydrogen-bond acceptors (Lipinski definition) is 4. The maximum atomic E-state index is 11.9. The van der Waals surface area contributed by atoms with Crippen LogP contribution in [0.25, 0.3) is 0 Å². The quantitative estimate of drug-likeness (QED) is 0.804. The van der Waals surface area contributed by atoms with Gasteiger partial charge in [-0.3, -0.25) is 0 Å². The monoisotopic (exact) mass is 286 g/mol. The van der Waals surface area contributed by atoms with Gasteiger partial charge in [-0.1, -0.05) is 0 Å². The molecule has 0 aliphatic carbocycles. The standard InChI is InChI=1S/C14H26N2O4/c1-13(2,3)19-11(17)15-10-7-8-16(9-10)12(18)20-14(4,5)6/h10H,7-9H2,1-6H3,(H,15,17). The van der Waals surface area contributed by atoms with Gasteiger partial charge >= 0.3 is 12.2 Å². The van der Waals surface area contributed by atoms with Gasteiger partial charge in [-0.2, -0.15) is 0 Å². The first-order valence-electron chi connectivity index (χ1n) is 6.94. The van der Waals surface area contributed by atoms with E-state index in [1.807, 2.05) is 41.5 Å². The molecule has 1 fully saturated rings. The predicted octanol–water partition coefficient (Wildman–Crippen LogP) is 2.52. The van der Waals surface area contributed by atoms with Crippen LogP contribution in [0.2, 0.25) is 0 Å². The summed E-state index contributed by atoms with van der Waals surface area (Å²) in [5.41, 5.74) is -1.03. The van der Waals surface area contributed by atoms with Crippen molar-refractivity contribution in [3.05, 3.63) is 0 Å². The second-order valence-electron chi connectivity index (χ2n) is 7.06. The van der Waals surface area contributed by atoms with Gasteiger partial charge in [0.05, 0.1) is 6.04 Å². The highest BCUT2D eigenvalue weighted by Gasteiger charge is 2.31. The summed E-state index contributed by atoms with van der Waals surface area (Å²) in [6, 6.07) is -0.0858. The molecule has 0 aromatic rings. The number of carbonyl (C=O) groups excluding carboxylic acids is 2. The minimum Gasteiger partial charge on any atom is -0.444 e. The number of nitrogens with zero attached hydrogens (tertiary/aromatic N) is 1. The molecule has 0 bridgehead atoms. The fraction of sp³-hybridized carbons (Fsp3) is 0.857. The molecule has 1 heterocycles. The third kappa shape index (κ3) is 6.12. The zero-order valence-corrected chi connectivity index (χ0v) is 13.3. The number of rotatable bonds is 1. The van der Waals surface area contributed by atoms with Crippen molar-refractivity contribution < 1.29 is 19.1 Å². The maximum Gasteiger partial charge on any atom is 0.410 e. The first-order valence-corrected chi connectivity index (χ1v) is 6.94. The van der Waals surface area contributed by atoms with Gasteiger partial charge in [0.15, 0.2) is 0 Å². The lowest BCUT2D eigenvalue weighted by Gasteiger charge is -2.25. The van der Waals surface area contributed by atoms with Crippen LogP contribution in [-0.2, 0) is 9.47 Å². The fourth-order valence-electron chi connectivity index (χ4n) is 1.84. The molecule has 1 rings (SSSR count). The Balaban J connectivity index is 2.40. The Hall–Kier alpha value is -1.46. The van der Waals surface area contributed by atoms with E-state index in [1.54, 1.807) is 4.90 Å². The number of ether oxygens (including phenoxy) is 2. The Morgan fingerprint density at radius 3 is 2.10 bits per heavy atom. The van der Waals surface area contributed by atoms with Crippen LogP contribution in [0.15, 0.2) is 0 Å². The summed E-state index contributed by atoms with van der Waals surface area (Å²) in [4.78, 5) is 25.1. The number of amides is 2. The number of carbonyl (C=O) groups is 2. The molecule has 0 aromatic carbocycles. The van der Waals surface area contributed by atoms with Crippen molar-refractivity contribution in [2.24, 2.45) is 0 Å². The fourth-order valence-corrected chi connectivity index (χ4v) is 1.84. The van der Waals surface area contributed by atoms with Crippen molar-refractivity contribution in [3.8, 4) is 0 Å². The third-order valence-corrected chi connectivity index (χ3v) is 2.56. The molecule has 116 valence electrons. The van der Waals surface area contributed by atoms with E-state index in [9.17, 15) is 9.59 Å². The molecule has 1 aliphatic heterocycles. The van der Waals surface area contributed by atoms with Crippen molar-refractivity contribution in [3.63, 3.8) is 0 Å². The molecule has 1 saturated heterocycles. The molecule has 1 atom stereocenters. The van der Waals surface area contributed by atoms with Crippen LogP contribution in [0.5, 0.6) is 0 Å². The van der Waals surface area contributed by atoms with Crippen molar-refractivity contribution in [2.75, 3.05) is 13.1 Å². The van der Waals surface area contributed by atoms with E-state index >= 15 is 0 Å². The molecule has 1 aliphatic rings. The summed E-state index contributed by atoms with van der Waals surface area (Å²) in [5, 5.41) is 2.77. The first kappa shape index (κ1) is 16.6. The van der Waals surface area contributed by atoms with Gasteiger partial charge in [0.2, 0.25) is 0 Å². The summed E-state index contributed by atoms with van der Waals surface area (Å²) in [6.45, 7) is 12.0. The molecule has 0 spiro atoms. The Morgan fingerprint density at radius 1 is 1.05 bits per heavy atom. The predicted molar refractivity (Wildman–Crippen MR) is 75.6 cm³/mol. The largest absolute Gasteiger partial charge is 0.444 e. The van der Waals surface area contributed by atoms with Crippen molar-refractivity contribution >= 4 is 12.2 Å². The minimum absolute atomic E-state index is 0.0858. The summed E-state index contributed by atoms with van der Waals surface area (Å²) < 4.78 is 10.5. The van der Waals surface area contributed by atoms with Gasteiger partial charge in [0, 0.05) is 13.1 Å². The lowest BCUT2D eigenvalue weighted by atomic mass is 10.2. The molecule has 0 aromatic heterocycles. The highest BCUT2D eigenvalue weighted by atomic mass is 16.6. The molecular weight excluding hydrogens is 260 g/mol. The van der Waals surface area contributed by atoms with E-state index in [-0.39, 0.29) is 12.1 Å². The molecule has 6 nitrogen and oxygen atoms in total. The Bertz CT molecular complexity index is 368. The Labute approximate surface area is 120 Å². The minimum atomic E-state index is -0.520. The summed E-state index contributed by atoms with van der Waals surface area (Å²) in [6.07, 6.45) is -0.0853. The molecular formula is C14H26N2O4. The highest BCUT2D eigenvalue weighted by molar-refractivity contribution is 5.70. The molecule has 20 heavy (non-hydrogen) atoms. The summed E-state index contributed by atoms with van der Waals surface area (Å²) in [7, 11) is 0. The van der Waals surface area contributed by atoms with Crippen LogP contribution in [0.4, 0.5) is 9.59 Å². The lowest BCUT2D eigenvalue weighted by molar-refractivity contribution is 0.0282. The Morgan fingerprint density at radius 2 is 1.60 bits per heavy atom. The molecule has 2 amide bonds. The van der Waals surface area contributed by atoms with E-state index in [2.05, 4.69) is 5.32 Å². The van der Waals surface area contributed by atoms with Crippen LogP contribution < -0.4 is 5.32 Å². The zero-order chi connectivity index (χ0) is 15.6. The number of hydrogen-bond donors (Lipinski definition) is 1. The molecule has 6 heteroatoms. The van der Waals surface area contributed by atoms with Crippen molar-refractivity contribution in [2.45, 2.75) is 65.2 Å². The van der Waals surface area contributed by atoms with Crippen LogP contribution in [0.3, 0.4) is 0 Å². The normalized spacial score (nSPS) is 19.7. The van der Waals surface area contributed by atoms with E-state index < -0.39 is 17.3 Å². The second kappa shape index (κ2) is 5.89. The van der Waals surface area contributed by atoms with Crippen molar-refractivity contribution in [1.82, 2.24) is 10.2 Å². The van der Waals surface area contributed by atoms with Crippen LogP contribution in [0.1, 0.15) is 48.0 Å².